The van der Waals surface area contributed by atoms with Crippen LogP contribution in [0.3, 0.4) is 0 Å². The second-order valence-corrected chi connectivity index (χ2v) is 6.51. The van der Waals surface area contributed by atoms with E-state index in [0.717, 1.165) is 16.0 Å². The number of nitriles is 1. The van der Waals surface area contributed by atoms with Crippen LogP contribution in [0.2, 0.25) is 5.02 Å². The van der Waals surface area contributed by atoms with E-state index in [1.807, 2.05) is 26.0 Å². The molecule has 2 rings (SSSR count). The minimum atomic E-state index is -0.204. The predicted octanol–water partition coefficient (Wildman–Crippen LogP) is 3.25. The molecule has 1 aromatic heterocycles. The highest BCUT2D eigenvalue weighted by molar-refractivity contribution is 7.14. The number of benzene rings is 1. The van der Waals surface area contributed by atoms with Crippen molar-refractivity contribution in [1.82, 2.24) is 5.32 Å². The Morgan fingerprint density at radius 2 is 2.18 bits per heavy atom. The minimum absolute atomic E-state index is 0.204. The molecule has 3 N–H and O–H groups in total. The fourth-order valence-corrected chi connectivity index (χ4v) is 3.53. The summed E-state index contributed by atoms with van der Waals surface area (Å²) < 4.78 is 0. The van der Waals surface area contributed by atoms with Crippen LogP contribution in [0.4, 0.5) is 0 Å². The first-order valence-electron chi connectivity index (χ1n) is 6.77. The van der Waals surface area contributed by atoms with Gasteiger partial charge in [0, 0.05) is 28.6 Å². The first kappa shape index (κ1) is 16.5. The SMILES string of the molecule is Cc1cc(Cl)ccc1-c1c(C(=O)NCCN)sc(C)c1C#N. The van der Waals surface area contributed by atoms with Gasteiger partial charge in [-0.15, -0.1) is 11.3 Å². The fourth-order valence-electron chi connectivity index (χ4n) is 2.27. The Morgan fingerprint density at radius 1 is 1.45 bits per heavy atom. The lowest BCUT2D eigenvalue weighted by molar-refractivity contribution is 0.0959. The van der Waals surface area contributed by atoms with Gasteiger partial charge in [0.25, 0.3) is 5.91 Å². The summed E-state index contributed by atoms with van der Waals surface area (Å²) in [5.74, 6) is -0.204. The van der Waals surface area contributed by atoms with E-state index in [9.17, 15) is 10.1 Å². The molecule has 1 amide bonds. The Morgan fingerprint density at radius 3 is 2.77 bits per heavy atom. The molecule has 22 heavy (non-hydrogen) atoms. The van der Waals surface area contributed by atoms with Crippen molar-refractivity contribution < 1.29 is 4.79 Å². The Kier molecular flexibility index (Phi) is 5.19. The number of carbonyl (C=O) groups is 1. The molecule has 0 saturated carbocycles. The fraction of sp³-hybridized carbons (Fsp3) is 0.250. The van der Waals surface area contributed by atoms with Gasteiger partial charge in [-0.1, -0.05) is 17.7 Å². The number of halogens is 1. The summed E-state index contributed by atoms with van der Waals surface area (Å²) in [7, 11) is 0. The summed E-state index contributed by atoms with van der Waals surface area (Å²) in [5, 5.41) is 12.8. The number of aryl methyl sites for hydroxylation is 2. The molecule has 0 bridgehead atoms. The van der Waals surface area contributed by atoms with Crippen molar-refractivity contribution >= 4 is 28.8 Å². The number of nitrogens with zero attached hydrogens (tertiary/aromatic N) is 1. The molecular formula is C16H16ClN3OS. The van der Waals surface area contributed by atoms with Crippen molar-refractivity contribution in [3.8, 4) is 17.2 Å². The van der Waals surface area contributed by atoms with Gasteiger partial charge in [-0.05, 0) is 37.1 Å². The van der Waals surface area contributed by atoms with Crippen LogP contribution in [-0.4, -0.2) is 19.0 Å². The Labute approximate surface area is 138 Å². The maximum atomic E-state index is 12.4. The van der Waals surface area contributed by atoms with Gasteiger partial charge in [-0.3, -0.25) is 4.79 Å². The second-order valence-electron chi connectivity index (χ2n) is 4.85. The van der Waals surface area contributed by atoms with Crippen LogP contribution in [-0.2, 0) is 0 Å². The van der Waals surface area contributed by atoms with E-state index in [0.29, 0.717) is 34.1 Å². The van der Waals surface area contributed by atoms with Crippen LogP contribution in [0.1, 0.15) is 25.7 Å². The average molecular weight is 334 g/mol. The third-order valence-electron chi connectivity index (χ3n) is 3.29. The Balaban J connectivity index is 2.62. The summed E-state index contributed by atoms with van der Waals surface area (Å²) >= 11 is 7.32. The Hall–Kier alpha value is -1.87. The first-order valence-corrected chi connectivity index (χ1v) is 7.97. The standard InChI is InChI=1S/C16H16ClN3OS/c1-9-7-11(17)3-4-12(9)14-13(8-19)10(2)22-15(14)16(21)20-6-5-18/h3-4,7H,5-6,18H2,1-2H3,(H,20,21). The molecule has 4 nitrogen and oxygen atoms in total. The van der Waals surface area contributed by atoms with Crippen LogP contribution < -0.4 is 11.1 Å². The number of amides is 1. The van der Waals surface area contributed by atoms with E-state index in [-0.39, 0.29) is 5.91 Å². The minimum Gasteiger partial charge on any atom is -0.350 e. The van der Waals surface area contributed by atoms with Gasteiger partial charge in [0.15, 0.2) is 0 Å². The molecule has 0 radical (unpaired) electrons. The monoisotopic (exact) mass is 333 g/mol. The number of nitrogens with two attached hydrogens (primary N) is 1. The van der Waals surface area contributed by atoms with Crippen LogP contribution in [0.15, 0.2) is 18.2 Å². The molecule has 0 aliphatic carbocycles. The average Bonchev–Trinajstić information content (AvgIpc) is 2.81. The summed E-state index contributed by atoms with van der Waals surface area (Å²) in [6.45, 7) is 4.53. The van der Waals surface area contributed by atoms with Crippen LogP contribution >= 0.6 is 22.9 Å². The number of thiophene rings is 1. The zero-order valence-electron chi connectivity index (χ0n) is 12.4. The summed E-state index contributed by atoms with van der Waals surface area (Å²) in [4.78, 5) is 13.7. The van der Waals surface area contributed by atoms with Crippen LogP contribution in [0.5, 0.6) is 0 Å². The summed E-state index contributed by atoms with van der Waals surface area (Å²) in [6.07, 6.45) is 0. The lowest BCUT2D eigenvalue weighted by Crippen LogP contribution is -2.28. The van der Waals surface area contributed by atoms with E-state index in [4.69, 9.17) is 17.3 Å². The van der Waals surface area contributed by atoms with Gasteiger partial charge >= 0.3 is 0 Å². The molecule has 0 aliphatic rings. The van der Waals surface area contributed by atoms with E-state index < -0.39 is 0 Å². The highest BCUT2D eigenvalue weighted by atomic mass is 35.5. The van der Waals surface area contributed by atoms with Crippen molar-refractivity contribution in [3.63, 3.8) is 0 Å². The quantitative estimate of drug-likeness (QED) is 0.901. The van der Waals surface area contributed by atoms with E-state index in [2.05, 4.69) is 11.4 Å². The molecule has 0 fully saturated rings. The molecule has 0 atom stereocenters. The summed E-state index contributed by atoms with van der Waals surface area (Å²) in [5.41, 5.74) is 8.41. The molecule has 0 saturated heterocycles. The van der Waals surface area contributed by atoms with E-state index in [1.165, 1.54) is 11.3 Å². The third kappa shape index (κ3) is 3.14. The van der Waals surface area contributed by atoms with E-state index in [1.54, 1.807) is 6.07 Å². The highest BCUT2D eigenvalue weighted by Gasteiger charge is 2.23. The first-order chi connectivity index (χ1) is 10.5. The molecule has 114 valence electrons. The van der Waals surface area contributed by atoms with Gasteiger partial charge in [0.05, 0.1) is 5.56 Å². The molecule has 0 unspecified atom stereocenters. The smallest absolute Gasteiger partial charge is 0.262 e. The molecule has 1 aromatic carbocycles. The van der Waals surface area contributed by atoms with Crippen LogP contribution in [0, 0.1) is 25.2 Å². The number of hydrogen-bond donors (Lipinski definition) is 2. The topological polar surface area (TPSA) is 78.9 Å². The van der Waals surface area contributed by atoms with Crippen molar-refractivity contribution in [3.05, 3.63) is 44.1 Å². The van der Waals surface area contributed by atoms with Crippen molar-refractivity contribution in [1.29, 1.82) is 5.26 Å². The Bertz CT molecular complexity index is 761. The lowest BCUT2D eigenvalue weighted by Gasteiger charge is -2.09. The molecule has 0 spiro atoms. The molecule has 2 aromatic rings. The van der Waals surface area contributed by atoms with Gasteiger partial charge in [-0.2, -0.15) is 5.26 Å². The maximum absolute atomic E-state index is 12.4. The van der Waals surface area contributed by atoms with Gasteiger partial charge < -0.3 is 11.1 Å². The molecule has 6 heteroatoms. The van der Waals surface area contributed by atoms with Crippen molar-refractivity contribution in [2.24, 2.45) is 5.73 Å². The zero-order valence-corrected chi connectivity index (χ0v) is 13.9. The second kappa shape index (κ2) is 6.93. The molecular weight excluding hydrogens is 318 g/mol. The van der Waals surface area contributed by atoms with Crippen molar-refractivity contribution in [2.45, 2.75) is 13.8 Å². The zero-order chi connectivity index (χ0) is 16.3. The number of hydrogen-bond acceptors (Lipinski definition) is 4. The number of rotatable bonds is 4. The normalized spacial score (nSPS) is 10.3. The highest BCUT2D eigenvalue weighted by Crippen LogP contribution is 2.38. The number of nitrogens with one attached hydrogen (secondary N) is 1. The molecule has 1 heterocycles. The van der Waals surface area contributed by atoms with Gasteiger partial charge in [0.1, 0.15) is 10.9 Å². The van der Waals surface area contributed by atoms with Crippen molar-refractivity contribution in [2.75, 3.05) is 13.1 Å². The number of carbonyl (C=O) groups excluding carboxylic acids is 1. The molecule has 0 aliphatic heterocycles. The predicted molar refractivity (Wildman–Crippen MR) is 90.3 cm³/mol. The van der Waals surface area contributed by atoms with Gasteiger partial charge in [-0.25, -0.2) is 0 Å². The lowest BCUT2D eigenvalue weighted by atomic mass is 9.96. The van der Waals surface area contributed by atoms with Crippen LogP contribution in [0.25, 0.3) is 11.1 Å². The maximum Gasteiger partial charge on any atom is 0.262 e. The van der Waals surface area contributed by atoms with E-state index >= 15 is 0 Å². The van der Waals surface area contributed by atoms with Gasteiger partial charge in [0.2, 0.25) is 0 Å². The third-order valence-corrected chi connectivity index (χ3v) is 4.63. The summed E-state index contributed by atoms with van der Waals surface area (Å²) in [6, 6.07) is 7.64. The largest absolute Gasteiger partial charge is 0.350 e.